The van der Waals surface area contributed by atoms with E-state index in [1.54, 1.807) is 11.0 Å². The maximum Gasteiger partial charge on any atom is 0.246 e. The van der Waals surface area contributed by atoms with Crippen LogP contribution in [-0.2, 0) is 11.3 Å². The zero-order chi connectivity index (χ0) is 17.1. The minimum absolute atomic E-state index is 0.0797. The summed E-state index contributed by atoms with van der Waals surface area (Å²) in [5.74, 6) is -0.0797. The average Bonchev–Trinajstić information content (AvgIpc) is 3.12. The number of aromatic nitrogens is 2. The maximum atomic E-state index is 12.5. The van der Waals surface area contributed by atoms with Gasteiger partial charge in [-0.05, 0) is 37.3 Å². The van der Waals surface area contributed by atoms with Crippen molar-refractivity contribution < 1.29 is 4.79 Å². The molecule has 3 rings (SSSR count). The smallest absolute Gasteiger partial charge is 0.246 e. The number of rotatable bonds is 5. The fourth-order valence-corrected chi connectivity index (χ4v) is 3.71. The number of hydrogen-bond acceptors (Lipinski definition) is 3. The molecule has 7 heteroatoms. The molecular weight excluding hydrogens is 365 g/mol. The van der Waals surface area contributed by atoms with E-state index in [-0.39, 0.29) is 5.91 Å². The highest BCUT2D eigenvalue weighted by Gasteiger charge is 2.12. The van der Waals surface area contributed by atoms with Crippen molar-refractivity contribution in [2.75, 3.05) is 6.54 Å². The van der Waals surface area contributed by atoms with Crippen molar-refractivity contribution in [2.24, 2.45) is 0 Å². The molecule has 0 N–H and O–H groups in total. The first-order valence-corrected chi connectivity index (χ1v) is 8.99. The summed E-state index contributed by atoms with van der Waals surface area (Å²) < 4.78 is 2.57. The summed E-state index contributed by atoms with van der Waals surface area (Å²) >= 11 is 13.6. The third-order valence-electron chi connectivity index (χ3n) is 3.57. The Morgan fingerprint density at radius 1 is 1.33 bits per heavy atom. The van der Waals surface area contributed by atoms with Gasteiger partial charge in [0.1, 0.15) is 5.65 Å². The van der Waals surface area contributed by atoms with E-state index in [0.717, 1.165) is 14.9 Å². The van der Waals surface area contributed by atoms with E-state index in [1.807, 2.05) is 47.9 Å². The normalized spacial score (nSPS) is 11.5. The third kappa shape index (κ3) is 3.64. The van der Waals surface area contributed by atoms with Crippen LogP contribution in [0.4, 0.5) is 0 Å². The summed E-state index contributed by atoms with van der Waals surface area (Å²) in [6.45, 7) is 3.10. The third-order valence-corrected chi connectivity index (χ3v) is 5.07. The van der Waals surface area contributed by atoms with Gasteiger partial charge in [-0.2, -0.15) is 0 Å². The van der Waals surface area contributed by atoms with Crippen LogP contribution in [0.2, 0.25) is 9.49 Å². The first-order valence-electron chi connectivity index (χ1n) is 7.42. The van der Waals surface area contributed by atoms with Gasteiger partial charge in [-0.1, -0.05) is 29.3 Å². The van der Waals surface area contributed by atoms with E-state index < -0.39 is 0 Å². The number of likely N-dealkylation sites (N-methyl/N-ethyl adjacent to an activating group) is 1. The second-order valence-electron chi connectivity index (χ2n) is 5.11. The second kappa shape index (κ2) is 7.38. The minimum atomic E-state index is -0.0797. The largest absolute Gasteiger partial charge is 0.334 e. The number of nitrogens with zero attached hydrogens (tertiary/aromatic N) is 3. The summed E-state index contributed by atoms with van der Waals surface area (Å²) in [6, 6.07) is 9.43. The van der Waals surface area contributed by atoms with Crippen LogP contribution in [0, 0.1) is 0 Å². The second-order valence-corrected chi connectivity index (χ2v) is 7.27. The van der Waals surface area contributed by atoms with Gasteiger partial charge >= 0.3 is 0 Å². The first-order chi connectivity index (χ1) is 11.6. The van der Waals surface area contributed by atoms with Crippen molar-refractivity contribution in [3.63, 3.8) is 0 Å². The van der Waals surface area contributed by atoms with E-state index in [0.29, 0.717) is 23.9 Å². The molecule has 24 heavy (non-hydrogen) atoms. The van der Waals surface area contributed by atoms with Gasteiger partial charge in [-0.15, -0.1) is 11.3 Å². The van der Waals surface area contributed by atoms with Crippen molar-refractivity contribution in [3.05, 3.63) is 62.7 Å². The highest BCUT2D eigenvalue weighted by atomic mass is 35.5. The Morgan fingerprint density at radius 3 is 2.88 bits per heavy atom. The molecule has 0 aliphatic rings. The number of imidazole rings is 1. The molecule has 3 aromatic heterocycles. The molecule has 124 valence electrons. The molecule has 0 atom stereocenters. The number of hydrogen-bond donors (Lipinski definition) is 0. The van der Waals surface area contributed by atoms with Crippen molar-refractivity contribution in [1.29, 1.82) is 0 Å². The van der Waals surface area contributed by atoms with E-state index >= 15 is 0 Å². The summed E-state index contributed by atoms with van der Waals surface area (Å²) in [5.41, 5.74) is 1.44. The van der Waals surface area contributed by atoms with Crippen LogP contribution in [0.25, 0.3) is 11.7 Å². The van der Waals surface area contributed by atoms with Crippen molar-refractivity contribution in [1.82, 2.24) is 14.3 Å². The molecule has 0 aliphatic heterocycles. The molecular formula is C17H15Cl2N3OS. The average molecular weight is 380 g/mol. The zero-order valence-electron chi connectivity index (χ0n) is 12.9. The number of thiophene rings is 1. The number of pyridine rings is 1. The topological polar surface area (TPSA) is 37.6 Å². The highest BCUT2D eigenvalue weighted by Crippen LogP contribution is 2.23. The van der Waals surface area contributed by atoms with Crippen LogP contribution in [0.15, 0.2) is 42.6 Å². The lowest BCUT2D eigenvalue weighted by molar-refractivity contribution is -0.126. The van der Waals surface area contributed by atoms with Crippen LogP contribution in [0.5, 0.6) is 0 Å². The van der Waals surface area contributed by atoms with E-state index in [1.165, 1.54) is 17.4 Å². The number of amides is 1. The predicted molar refractivity (Wildman–Crippen MR) is 99.7 cm³/mol. The van der Waals surface area contributed by atoms with Crippen LogP contribution >= 0.6 is 34.5 Å². The van der Waals surface area contributed by atoms with E-state index in [2.05, 4.69) is 4.98 Å². The van der Waals surface area contributed by atoms with Gasteiger partial charge in [0, 0.05) is 23.7 Å². The molecule has 3 aromatic rings. The molecule has 4 nitrogen and oxygen atoms in total. The molecule has 0 aromatic carbocycles. The Bertz CT molecular complexity index is 900. The number of carbonyl (C=O) groups excluding carboxylic acids is 1. The van der Waals surface area contributed by atoms with Crippen LogP contribution in [0.3, 0.4) is 0 Å². The van der Waals surface area contributed by atoms with Gasteiger partial charge in [0.2, 0.25) is 5.91 Å². The lowest BCUT2D eigenvalue weighted by Gasteiger charge is -2.18. The number of carbonyl (C=O) groups is 1. The van der Waals surface area contributed by atoms with Gasteiger partial charge in [-0.3, -0.25) is 9.20 Å². The van der Waals surface area contributed by atoms with Crippen molar-refractivity contribution in [3.8, 4) is 0 Å². The van der Waals surface area contributed by atoms with E-state index in [4.69, 9.17) is 23.2 Å². The quantitative estimate of drug-likeness (QED) is 0.599. The molecule has 1 amide bonds. The molecule has 0 aliphatic carbocycles. The zero-order valence-corrected chi connectivity index (χ0v) is 15.3. The van der Waals surface area contributed by atoms with Crippen LogP contribution in [-0.4, -0.2) is 26.7 Å². The van der Waals surface area contributed by atoms with Gasteiger partial charge in [-0.25, -0.2) is 4.98 Å². The fourth-order valence-electron chi connectivity index (χ4n) is 2.36. The Labute approximate surface area is 153 Å². The highest BCUT2D eigenvalue weighted by molar-refractivity contribution is 7.16. The molecule has 0 spiro atoms. The standard InChI is InChI=1S/C17H15Cl2N3OS/c1-2-21(11-12-6-8-14(18)24-12)16(23)9-7-13-17(19)20-15-5-3-4-10-22(13)15/h3-10H,2,11H2,1H3/b9-7+. The Balaban J connectivity index is 1.79. The first kappa shape index (κ1) is 17.0. The van der Waals surface area contributed by atoms with E-state index in [9.17, 15) is 4.79 Å². The number of fused-ring (bicyclic) bond motifs is 1. The minimum Gasteiger partial charge on any atom is -0.334 e. The SMILES string of the molecule is CCN(Cc1ccc(Cl)s1)C(=O)/C=C/c1c(Cl)nc2ccccn12. The van der Waals surface area contributed by atoms with Crippen molar-refractivity contribution in [2.45, 2.75) is 13.5 Å². The molecule has 0 saturated heterocycles. The molecule has 0 bridgehead atoms. The van der Waals surface area contributed by atoms with Crippen molar-refractivity contribution >= 4 is 52.2 Å². The Hall–Kier alpha value is -1.82. The Morgan fingerprint density at radius 2 is 2.17 bits per heavy atom. The lowest BCUT2D eigenvalue weighted by Crippen LogP contribution is -2.28. The summed E-state index contributed by atoms with van der Waals surface area (Å²) in [6.07, 6.45) is 5.10. The fraction of sp³-hybridized carbons (Fsp3) is 0.176. The van der Waals surface area contributed by atoms with Crippen LogP contribution < -0.4 is 0 Å². The molecule has 0 radical (unpaired) electrons. The summed E-state index contributed by atoms with van der Waals surface area (Å²) in [5, 5.41) is 0.373. The molecule has 3 heterocycles. The lowest BCUT2D eigenvalue weighted by atomic mass is 10.3. The number of halogens is 2. The van der Waals surface area contributed by atoms with Gasteiger partial charge in [0.15, 0.2) is 5.15 Å². The van der Waals surface area contributed by atoms with Gasteiger partial charge < -0.3 is 4.90 Å². The summed E-state index contributed by atoms with van der Waals surface area (Å²) in [7, 11) is 0. The van der Waals surface area contributed by atoms with Gasteiger partial charge in [0.25, 0.3) is 0 Å². The predicted octanol–water partition coefficient (Wildman–Crippen LogP) is 4.76. The molecule has 0 unspecified atom stereocenters. The summed E-state index contributed by atoms with van der Waals surface area (Å²) in [4.78, 5) is 19.5. The molecule has 0 fully saturated rings. The maximum absolute atomic E-state index is 12.5. The monoisotopic (exact) mass is 379 g/mol. The van der Waals surface area contributed by atoms with Gasteiger partial charge in [0.05, 0.1) is 16.6 Å². The Kier molecular flexibility index (Phi) is 5.23. The van der Waals surface area contributed by atoms with Crippen LogP contribution in [0.1, 0.15) is 17.5 Å². The molecule has 0 saturated carbocycles.